The second kappa shape index (κ2) is 21.8. The first-order valence-corrected chi connectivity index (χ1v) is 18.0. The third-order valence-corrected chi connectivity index (χ3v) is 8.25. The summed E-state index contributed by atoms with van der Waals surface area (Å²) in [5.74, 6) is 0.865. The van der Waals surface area contributed by atoms with Crippen LogP contribution in [0.4, 0.5) is 0 Å². The fraction of sp³-hybridized carbons (Fsp3) is 0.372. The minimum atomic E-state index is -0.565. The Morgan fingerprint density at radius 3 is 1.81 bits per heavy atom. The van der Waals surface area contributed by atoms with E-state index < -0.39 is 11.9 Å². The van der Waals surface area contributed by atoms with E-state index in [1.54, 1.807) is 6.92 Å². The summed E-state index contributed by atoms with van der Waals surface area (Å²) >= 11 is 0. The van der Waals surface area contributed by atoms with Crippen LogP contribution >= 0.6 is 0 Å². The first-order chi connectivity index (χ1) is 25.3. The fourth-order valence-corrected chi connectivity index (χ4v) is 5.35. The number of unbranched alkanes of at least 4 members (excludes halogenated alkanes) is 1. The van der Waals surface area contributed by atoms with Gasteiger partial charge in [0.25, 0.3) is 0 Å². The van der Waals surface area contributed by atoms with E-state index in [2.05, 4.69) is 37.4 Å². The summed E-state index contributed by atoms with van der Waals surface area (Å²) in [5.41, 5.74) is 3.76. The van der Waals surface area contributed by atoms with Crippen molar-refractivity contribution in [2.24, 2.45) is 0 Å². The Morgan fingerprint density at radius 2 is 1.17 bits per heavy atom. The first-order valence-electron chi connectivity index (χ1n) is 18.0. The predicted octanol–water partition coefficient (Wildman–Crippen LogP) is 8.86. The van der Waals surface area contributed by atoms with Crippen LogP contribution in [-0.2, 0) is 28.6 Å². The summed E-state index contributed by atoms with van der Waals surface area (Å²) in [7, 11) is 0. The van der Waals surface area contributed by atoms with Gasteiger partial charge in [0.2, 0.25) is 0 Å². The van der Waals surface area contributed by atoms with E-state index in [0.29, 0.717) is 51.3 Å². The fourth-order valence-electron chi connectivity index (χ4n) is 5.35. The zero-order valence-electron chi connectivity index (χ0n) is 30.1. The average Bonchev–Trinajstić information content (AvgIpc) is 3.15. The second-order valence-electron chi connectivity index (χ2n) is 12.7. The molecule has 1 aliphatic carbocycles. The SMILES string of the molecule is C=C(C)C(=O)OCCCOc1ccc(-c2ccc(/C=C/COc3ccc(OCCCCOC(=O)C(=C)CC(=O)OC4CCCCC4)cc3)cc2)cc1. The standard InChI is InChI=1S/C43H50O9/c1-32(2)42(45)50-30-10-29-49-37-20-18-36(19-21-37)35-16-14-34(15-17-35)11-9-28-48-39-24-22-38(23-25-39)47-26-7-8-27-51-43(46)33(3)31-41(44)52-40-12-5-4-6-13-40/h9,11,14-25,40H,1,3-8,10,12-13,26-31H2,2H3/b11-9+. The van der Waals surface area contributed by atoms with Crippen LogP contribution in [0.5, 0.6) is 17.2 Å². The van der Waals surface area contributed by atoms with Gasteiger partial charge in [-0.05, 0) is 105 Å². The van der Waals surface area contributed by atoms with Crippen molar-refractivity contribution in [3.05, 3.63) is 109 Å². The summed E-state index contributed by atoms with van der Waals surface area (Å²) in [6.45, 7) is 10.8. The van der Waals surface area contributed by atoms with Crippen molar-refractivity contribution in [3.8, 4) is 28.4 Å². The average molecular weight is 711 g/mol. The van der Waals surface area contributed by atoms with E-state index in [4.69, 9.17) is 28.4 Å². The largest absolute Gasteiger partial charge is 0.494 e. The highest BCUT2D eigenvalue weighted by Gasteiger charge is 2.20. The molecule has 276 valence electrons. The highest BCUT2D eigenvalue weighted by atomic mass is 16.5. The van der Waals surface area contributed by atoms with Gasteiger partial charge in [-0.2, -0.15) is 0 Å². The van der Waals surface area contributed by atoms with Gasteiger partial charge in [0.1, 0.15) is 30.0 Å². The molecule has 3 aromatic carbocycles. The molecule has 0 saturated heterocycles. The van der Waals surface area contributed by atoms with Crippen LogP contribution in [0.3, 0.4) is 0 Å². The van der Waals surface area contributed by atoms with E-state index in [1.165, 1.54) is 6.42 Å². The summed E-state index contributed by atoms with van der Waals surface area (Å²) in [4.78, 5) is 35.7. The Hall–Kier alpha value is -5.31. The predicted molar refractivity (Wildman–Crippen MR) is 201 cm³/mol. The van der Waals surface area contributed by atoms with Crippen molar-refractivity contribution >= 4 is 24.0 Å². The molecule has 0 aromatic heterocycles. The number of carbonyl (C=O) groups excluding carboxylic acids is 3. The third-order valence-electron chi connectivity index (χ3n) is 8.25. The first kappa shape index (κ1) is 39.5. The summed E-state index contributed by atoms with van der Waals surface area (Å²) in [5, 5.41) is 0. The monoisotopic (exact) mass is 710 g/mol. The van der Waals surface area contributed by atoms with Gasteiger partial charge in [-0.15, -0.1) is 0 Å². The molecule has 1 fully saturated rings. The highest BCUT2D eigenvalue weighted by molar-refractivity contribution is 5.93. The molecule has 0 atom stereocenters. The van der Waals surface area contributed by atoms with E-state index in [9.17, 15) is 14.4 Å². The molecule has 0 unspecified atom stereocenters. The molecule has 9 nitrogen and oxygen atoms in total. The number of esters is 3. The molecule has 0 bridgehead atoms. The molecular weight excluding hydrogens is 660 g/mol. The van der Waals surface area contributed by atoms with Crippen LogP contribution in [0.15, 0.2) is 103 Å². The maximum Gasteiger partial charge on any atom is 0.333 e. The van der Waals surface area contributed by atoms with E-state index >= 15 is 0 Å². The quantitative estimate of drug-likeness (QED) is 0.0464. The van der Waals surface area contributed by atoms with Gasteiger partial charge in [-0.3, -0.25) is 4.79 Å². The van der Waals surface area contributed by atoms with E-state index in [-0.39, 0.29) is 30.7 Å². The van der Waals surface area contributed by atoms with Crippen molar-refractivity contribution in [3.63, 3.8) is 0 Å². The second-order valence-corrected chi connectivity index (χ2v) is 12.7. The molecule has 0 spiro atoms. The van der Waals surface area contributed by atoms with Gasteiger partial charge >= 0.3 is 17.9 Å². The number of ether oxygens (including phenoxy) is 6. The van der Waals surface area contributed by atoms with Crippen LogP contribution in [-0.4, -0.2) is 57.0 Å². The third kappa shape index (κ3) is 14.5. The summed E-state index contributed by atoms with van der Waals surface area (Å²) in [6, 6.07) is 23.6. The molecule has 3 aromatic rings. The normalized spacial score (nSPS) is 12.9. The van der Waals surface area contributed by atoms with Crippen LogP contribution in [0.25, 0.3) is 17.2 Å². The number of rotatable bonds is 21. The topological polar surface area (TPSA) is 107 Å². The Morgan fingerprint density at radius 1 is 0.654 bits per heavy atom. The van der Waals surface area contributed by atoms with Gasteiger partial charge in [-0.25, -0.2) is 9.59 Å². The maximum absolute atomic E-state index is 12.2. The minimum Gasteiger partial charge on any atom is -0.494 e. The van der Waals surface area contributed by atoms with Crippen molar-refractivity contribution in [1.29, 1.82) is 0 Å². The number of benzene rings is 3. The maximum atomic E-state index is 12.2. The van der Waals surface area contributed by atoms with Gasteiger partial charge in [-0.1, -0.05) is 62.1 Å². The molecular formula is C43H50O9. The van der Waals surface area contributed by atoms with Crippen molar-refractivity contribution < 1.29 is 42.8 Å². The smallest absolute Gasteiger partial charge is 0.333 e. The van der Waals surface area contributed by atoms with Crippen molar-refractivity contribution in [2.75, 3.05) is 33.0 Å². The Balaban J connectivity index is 1.05. The van der Waals surface area contributed by atoms with E-state index in [1.807, 2.05) is 60.7 Å². The van der Waals surface area contributed by atoms with Gasteiger partial charge in [0.05, 0.1) is 32.8 Å². The lowest BCUT2D eigenvalue weighted by molar-refractivity contribution is -0.151. The van der Waals surface area contributed by atoms with Crippen LogP contribution in [0.1, 0.15) is 70.3 Å². The lowest BCUT2D eigenvalue weighted by Gasteiger charge is -2.21. The highest BCUT2D eigenvalue weighted by Crippen LogP contribution is 2.24. The molecule has 0 aliphatic heterocycles. The molecule has 0 amide bonds. The molecule has 0 heterocycles. The Labute approximate surface area is 307 Å². The minimum absolute atomic E-state index is 0.0432. The van der Waals surface area contributed by atoms with Gasteiger partial charge in [0.15, 0.2) is 0 Å². The van der Waals surface area contributed by atoms with Crippen LogP contribution in [0, 0.1) is 0 Å². The molecule has 0 N–H and O–H groups in total. The van der Waals surface area contributed by atoms with E-state index in [0.717, 1.165) is 59.6 Å². The molecule has 52 heavy (non-hydrogen) atoms. The Kier molecular flexibility index (Phi) is 16.6. The van der Waals surface area contributed by atoms with Gasteiger partial charge < -0.3 is 28.4 Å². The summed E-state index contributed by atoms with van der Waals surface area (Å²) < 4.78 is 33.2. The Bertz CT molecular complexity index is 1620. The molecule has 9 heteroatoms. The van der Waals surface area contributed by atoms with Crippen LogP contribution < -0.4 is 14.2 Å². The van der Waals surface area contributed by atoms with Crippen molar-refractivity contribution in [2.45, 2.75) is 70.8 Å². The summed E-state index contributed by atoms with van der Waals surface area (Å²) in [6.07, 6.45) is 10.8. The molecule has 0 radical (unpaired) electrons. The van der Waals surface area contributed by atoms with Crippen LogP contribution in [0.2, 0.25) is 0 Å². The zero-order chi connectivity index (χ0) is 37.0. The van der Waals surface area contributed by atoms with Crippen molar-refractivity contribution in [1.82, 2.24) is 0 Å². The number of hydrogen-bond acceptors (Lipinski definition) is 9. The molecule has 1 saturated carbocycles. The lowest BCUT2D eigenvalue weighted by Crippen LogP contribution is -2.22. The van der Waals surface area contributed by atoms with Gasteiger partial charge in [0, 0.05) is 17.6 Å². The zero-order valence-corrected chi connectivity index (χ0v) is 30.1. The molecule has 1 aliphatic rings. The number of hydrogen-bond donors (Lipinski definition) is 0. The lowest BCUT2D eigenvalue weighted by atomic mass is 9.98. The number of carbonyl (C=O) groups is 3. The molecule has 4 rings (SSSR count).